The first-order valence-corrected chi connectivity index (χ1v) is 1.68. The van der Waals surface area contributed by atoms with Crippen LogP contribution in [0.15, 0.2) is 10.6 Å². The average Bonchev–Trinajstić information content (AvgIpc) is 1.86. The van der Waals surface area contributed by atoms with Gasteiger partial charge < -0.3 is 9.40 Å². The van der Waals surface area contributed by atoms with Crippen molar-refractivity contribution in [1.29, 1.82) is 0 Å². The van der Waals surface area contributed by atoms with Gasteiger partial charge in [-0.15, -0.1) is 0 Å². The maximum atomic E-state index is 4.60. The van der Waals surface area contributed by atoms with Crippen LogP contribution in [0.2, 0.25) is 0 Å². The van der Waals surface area contributed by atoms with E-state index in [9.17, 15) is 0 Å². The van der Waals surface area contributed by atoms with Gasteiger partial charge in [0.15, 0.2) is 0 Å². The molecule has 0 bridgehead atoms. The van der Waals surface area contributed by atoms with Gasteiger partial charge in [-0.1, -0.05) is 13.1 Å². The van der Waals surface area contributed by atoms with Crippen molar-refractivity contribution in [1.82, 2.24) is 4.98 Å². The molecule has 1 heterocycles. The molecule has 0 aromatic carbocycles. The van der Waals surface area contributed by atoms with Gasteiger partial charge in [0.05, 0.1) is 0 Å². The van der Waals surface area contributed by atoms with E-state index < -0.39 is 0 Å². The smallest absolute Gasteiger partial charge is 0.578 e. The quantitative estimate of drug-likeness (QED) is 0.276. The van der Waals surface area contributed by atoms with Crippen molar-refractivity contribution in [3.05, 3.63) is 18.4 Å². The molecule has 1 aromatic heterocycles. The van der Waals surface area contributed by atoms with Gasteiger partial charge in [-0.3, -0.25) is 0 Å². The largest absolute Gasteiger partial charge is 1.00 e. The molecule has 0 aliphatic rings. The first-order valence-electron chi connectivity index (χ1n) is 1.68. The molecule has 0 aliphatic heterocycles. The van der Waals surface area contributed by atoms with Gasteiger partial charge in [0.1, 0.15) is 6.39 Å². The van der Waals surface area contributed by atoms with Crippen LogP contribution in [0.4, 0.5) is 0 Å². The van der Waals surface area contributed by atoms with Crippen LogP contribution in [0.5, 0.6) is 0 Å². The van der Waals surface area contributed by atoms with Crippen molar-refractivity contribution in [2.75, 3.05) is 0 Å². The molecule has 2 nitrogen and oxygen atoms in total. The van der Waals surface area contributed by atoms with E-state index in [1.807, 2.05) is 6.92 Å². The Bertz CT molecular complexity index is 115. The third-order valence-electron chi connectivity index (χ3n) is 0.506. The summed E-state index contributed by atoms with van der Waals surface area (Å²) >= 11 is 0. The zero-order valence-corrected chi connectivity index (χ0v) is 6.43. The number of nitrogens with zero attached hydrogens (tertiary/aromatic N) is 1. The first kappa shape index (κ1) is 7.21. The van der Waals surface area contributed by atoms with E-state index in [0.29, 0.717) is 0 Å². The fraction of sp³-hybridized carbons (Fsp3) is 0.250. The molecule has 0 amide bonds. The van der Waals surface area contributed by atoms with Gasteiger partial charge in [0.2, 0.25) is 0 Å². The van der Waals surface area contributed by atoms with Crippen molar-refractivity contribution >= 4 is 0 Å². The van der Waals surface area contributed by atoms with Crippen LogP contribution >= 0.6 is 0 Å². The molecule has 0 atom stereocenters. The Labute approximate surface area is 64.2 Å². The molecular formula is C4H4NNaO. The Morgan fingerprint density at radius 2 is 2.57 bits per heavy atom. The maximum Gasteiger partial charge on any atom is 1.00 e. The van der Waals surface area contributed by atoms with Crippen LogP contribution in [-0.2, 0) is 0 Å². The molecule has 0 unspecified atom stereocenters. The van der Waals surface area contributed by atoms with Gasteiger partial charge in [0.25, 0.3) is 0 Å². The van der Waals surface area contributed by atoms with Crippen molar-refractivity contribution in [3.63, 3.8) is 0 Å². The summed E-state index contributed by atoms with van der Waals surface area (Å²) in [4.78, 5) is 3.53. The summed E-state index contributed by atoms with van der Waals surface area (Å²) < 4.78 is 4.60. The fourth-order valence-electron chi connectivity index (χ4n) is 0.242. The Hall–Kier alpha value is 0.210. The van der Waals surface area contributed by atoms with E-state index in [0.717, 1.165) is 5.76 Å². The van der Waals surface area contributed by atoms with Crippen LogP contribution < -0.4 is 29.6 Å². The van der Waals surface area contributed by atoms with Gasteiger partial charge in [0, 0.05) is 0 Å². The minimum Gasteiger partial charge on any atom is -0.578 e. The maximum absolute atomic E-state index is 4.60. The fourth-order valence-corrected chi connectivity index (χ4v) is 0.242. The van der Waals surface area contributed by atoms with Crippen molar-refractivity contribution < 1.29 is 34.0 Å². The summed E-state index contributed by atoms with van der Waals surface area (Å²) in [6.45, 7) is 1.82. The normalized spacial score (nSPS) is 7.57. The second kappa shape index (κ2) is 3.24. The standard InChI is InChI=1S/C4H4NO.Na/c1-4-2-5-3-6-4;/h2H,1H3;/q-1;+1. The van der Waals surface area contributed by atoms with E-state index in [1.54, 1.807) is 6.20 Å². The number of oxazole rings is 1. The molecule has 3 heteroatoms. The Morgan fingerprint density at radius 1 is 1.86 bits per heavy atom. The number of aryl methyl sites for hydroxylation is 1. The Balaban J connectivity index is 0.000000360. The summed E-state index contributed by atoms with van der Waals surface area (Å²) in [7, 11) is 0. The van der Waals surface area contributed by atoms with Crippen LogP contribution in [0.25, 0.3) is 0 Å². The molecule has 1 aromatic rings. The summed E-state index contributed by atoms with van der Waals surface area (Å²) in [6.07, 6.45) is 3.92. The molecular weight excluding hydrogens is 101 g/mol. The second-order valence-corrected chi connectivity index (χ2v) is 1.06. The molecule has 0 aliphatic carbocycles. The minimum absolute atomic E-state index is 0. The Kier molecular flexibility index (Phi) is 3.34. The van der Waals surface area contributed by atoms with E-state index in [2.05, 4.69) is 15.8 Å². The number of hydrogen-bond donors (Lipinski definition) is 0. The number of aromatic nitrogens is 1. The molecule has 32 valence electrons. The van der Waals surface area contributed by atoms with Gasteiger partial charge in [-0.2, -0.15) is 0 Å². The molecule has 0 spiro atoms. The van der Waals surface area contributed by atoms with Crippen LogP contribution in [0, 0.1) is 13.3 Å². The zero-order valence-electron chi connectivity index (χ0n) is 4.43. The van der Waals surface area contributed by atoms with Gasteiger partial charge in [-0.25, -0.2) is 0 Å². The SMILES string of the molecule is Cc1cn[c-]o1.[Na+]. The third kappa shape index (κ3) is 2.12. The zero-order chi connectivity index (χ0) is 4.41. The molecule has 0 saturated carbocycles. The monoisotopic (exact) mass is 105 g/mol. The summed E-state index contributed by atoms with van der Waals surface area (Å²) in [5.74, 6) is 0.801. The summed E-state index contributed by atoms with van der Waals surface area (Å²) in [5, 5.41) is 0. The summed E-state index contributed by atoms with van der Waals surface area (Å²) in [5.41, 5.74) is 0. The molecule has 0 saturated heterocycles. The minimum atomic E-state index is 0. The topological polar surface area (TPSA) is 26.0 Å². The van der Waals surface area contributed by atoms with Crippen molar-refractivity contribution in [2.45, 2.75) is 6.92 Å². The van der Waals surface area contributed by atoms with E-state index in [1.165, 1.54) is 0 Å². The summed E-state index contributed by atoms with van der Waals surface area (Å²) in [6, 6.07) is 0. The van der Waals surface area contributed by atoms with Crippen molar-refractivity contribution in [3.8, 4) is 0 Å². The van der Waals surface area contributed by atoms with E-state index in [-0.39, 0.29) is 29.6 Å². The molecule has 7 heavy (non-hydrogen) atoms. The van der Waals surface area contributed by atoms with Crippen LogP contribution in [0.3, 0.4) is 0 Å². The number of hydrogen-bond acceptors (Lipinski definition) is 2. The van der Waals surface area contributed by atoms with Crippen LogP contribution in [-0.4, -0.2) is 4.98 Å². The number of rotatable bonds is 0. The third-order valence-corrected chi connectivity index (χ3v) is 0.506. The predicted octanol–water partition coefficient (Wildman–Crippen LogP) is -2.21. The van der Waals surface area contributed by atoms with Crippen molar-refractivity contribution in [2.24, 2.45) is 0 Å². The second-order valence-electron chi connectivity index (χ2n) is 1.06. The molecule has 0 N–H and O–H groups in total. The average molecular weight is 105 g/mol. The van der Waals surface area contributed by atoms with E-state index in [4.69, 9.17) is 0 Å². The molecule has 0 fully saturated rings. The van der Waals surface area contributed by atoms with Gasteiger partial charge >= 0.3 is 29.6 Å². The van der Waals surface area contributed by atoms with E-state index >= 15 is 0 Å². The Morgan fingerprint density at radius 3 is 2.71 bits per heavy atom. The van der Waals surface area contributed by atoms with Gasteiger partial charge in [-0.05, 0) is 5.76 Å². The molecule has 0 radical (unpaired) electrons. The predicted molar refractivity (Wildman–Crippen MR) is 20.1 cm³/mol. The van der Waals surface area contributed by atoms with Crippen LogP contribution in [0.1, 0.15) is 5.76 Å². The first-order chi connectivity index (χ1) is 2.89. The molecule has 1 rings (SSSR count).